The van der Waals surface area contributed by atoms with E-state index in [2.05, 4.69) is 9.71 Å². The monoisotopic (exact) mass is 259 g/mol. The van der Waals surface area contributed by atoms with Gasteiger partial charge in [0.05, 0.1) is 11.3 Å². The molecule has 0 aliphatic rings. The van der Waals surface area contributed by atoms with E-state index in [9.17, 15) is 8.42 Å². The first-order chi connectivity index (χ1) is 8.63. The lowest BCUT2D eigenvalue weighted by Crippen LogP contribution is -2.13. The Hall–Kier alpha value is -2.39. The van der Waals surface area contributed by atoms with Gasteiger partial charge in [-0.3, -0.25) is 9.71 Å². The van der Waals surface area contributed by atoms with E-state index in [1.165, 1.54) is 30.6 Å². The van der Waals surface area contributed by atoms with Crippen molar-refractivity contribution in [1.29, 1.82) is 5.26 Å². The number of anilines is 1. The Kier molecular flexibility index (Phi) is 3.26. The molecule has 0 saturated carbocycles. The smallest absolute Gasteiger partial charge is 0.263 e. The van der Waals surface area contributed by atoms with Gasteiger partial charge in [-0.05, 0) is 24.3 Å². The molecule has 1 aromatic heterocycles. The standard InChI is InChI=1S/C12H9N3O2S/c13-8-10-4-1-2-6-12(10)15-18(16,17)11-5-3-7-14-9-11/h1-7,9,15H. The van der Waals surface area contributed by atoms with Gasteiger partial charge in [-0.15, -0.1) is 0 Å². The summed E-state index contributed by atoms with van der Waals surface area (Å²) in [6.07, 6.45) is 2.74. The van der Waals surface area contributed by atoms with Crippen molar-refractivity contribution in [2.45, 2.75) is 4.90 Å². The second kappa shape index (κ2) is 4.85. The molecular weight excluding hydrogens is 250 g/mol. The maximum atomic E-state index is 12.0. The minimum atomic E-state index is -3.71. The highest BCUT2D eigenvalue weighted by Crippen LogP contribution is 2.18. The van der Waals surface area contributed by atoms with Crippen LogP contribution in [0.25, 0.3) is 0 Å². The number of nitrogens with one attached hydrogen (secondary N) is 1. The molecule has 2 rings (SSSR count). The molecule has 1 N–H and O–H groups in total. The van der Waals surface area contributed by atoms with Gasteiger partial charge in [-0.2, -0.15) is 5.26 Å². The van der Waals surface area contributed by atoms with Gasteiger partial charge in [0.2, 0.25) is 0 Å². The number of pyridine rings is 1. The summed E-state index contributed by atoms with van der Waals surface area (Å²) in [5, 5.41) is 8.89. The minimum Gasteiger partial charge on any atom is -0.278 e. The van der Waals surface area contributed by atoms with Crippen LogP contribution < -0.4 is 4.72 Å². The molecule has 0 spiro atoms. The van der Waals surface area contributed by atoms with E-state index in [4.69, 9.17) is 5.26 Å². The van der Waals surface area contributed by atoms with Crippen LogP contribution >= 0.6 is 0 Å². The summed E-state index contributed by atoms with van der Waals surface area (Å²) in [7, 11) is -3.71. The third kappa shape index (κ3) is 2.47. The number of nitrogens with zero attached hydrogens (tertiary/aromatic N) is 2. The first-order valence-corrected chi connectivity index (χ1v) is 6.54. The van der Waals surface area contributed by atoms with Crippen molar-refractivity contribution < 1.29 is 8.42 Å². The SMILES string of the molecule is N#Cc1ccccc1NS(=O)(=O)c1cccnc1. The van der Waals surface area contributed by atoms with Crippen LogP contribution in [-0.2, 0) is 10.0 Å². The Balaban J connectivity index is 2.38. The Bertz CT molecular complexity index is 691. The number of sulfonamides is 1. The Labute approximate surface area is 105 Å². The van der Waals surface area contributed by atoms with E-state index in [1.54, 1.807) is 18.2 Å². The molecule has 0 radical (unpaired) electrons. The molecule has 2 aromatic rings. The van der Waals surface area contributed by atoms with E-state index in [0.717, 1.165) is 0 Å². The molecule has 0 fully saturated rings. The molecule has 6 heteroatoms. The molecule has 0 aliphatic heterocycles. The van der Waals surface area contributed by atoms with Gasteiger partial charge in [-0.25, -0.2) is 8.42 Å². The van der Waals surface area contributed by atoms with Crippen molar-refractivity contribution in [2.75, 3.05) is 4.72 Å². The maximum absolute atomic E-state index is 12.0. The van der Waals surface area contributed by atoms with Crippen LogP contribution in [0.1, 0.15) is 5.56 Å². The van der Waals surface area contributed by atoms with Gasteiger partial charge in [0.25, 0.3) is 10.0 Å². The van der Waals surface area contributed by atoms with Crippen molar-refractivity contribution in [3.63, 3.8) is 0 Å². The van der Waals surface area contributed by atoms with Crippen molar-refractivity contribution in [3.8, 4) is 6.07 Å². The van der Waals surface area contributed by atoms with Crippen LogP contribution in [0.3, 0.4) is 0 Å². The highest BCUT2D eigenvalue weighted by Gasteiger charge is 2.15. The Morgan fingerprint density at radius 1 is 1.17 bits per heavy atom. The summed E-state index contributed by atoms with van der Waals surface area (Å²) in [5.41, 5.74) is 0.522. The fraction of sp³-hybridized carbons (Fsp3) is 0. The summed E-state index contributed by atoms with van der Waals surface area (Å²) < 4.78 is 26.4. The van der Waals surface area contributed by atoms with Gasteiger partial charge >= 0.3 is 0 Å². The number of benzene rings is 1. The lowest BCUT2D eigenvalue weighted by atomic mass is 10.2. The molecule has 0 amide bonds. The van der Waals surface area contributed by atoms with Crippen LogP contribution in [0, 0.1) is 11.3 Å². The molecule has 1 heterocycles. The molecule has 90 valence electrons. The summed E-state index contributed by atoms with van der Waals surface area (Å²) in [6.45, 7) is 0. The van der Waals surface area contributed by atoms with Crippen LogP contribution in [0.4, 0.5) is 5.69 Å². The quantitative estimate of drug-likeness (QED) is 0.910. The third-order valence-corrected chi connectivity index (χ3v) is 3.59. The van der Waals surface area contributed by atoms with E-state index in [0.29, 0.717) is 0 Å². The van der Waals surface area contributed by atoms with Crippen molar-refractivity contribution in [1.82, 2.24) is 4.98 Å². The average Bonchev–Trinajstić information content (AvgIpc) is 2.40. The second-order valence-electron chi connectivity index (χ2n) is 3.45. The van der Waals surface area contributed by atoms with Gasteiger partial charge in [-0.1, -0.05) is 12.1 Å². The zero-order valence-corrected chi connectivity index (χ0v) is 10.1. The zero-order chi connectivity index (χ0) is 13.0. The maximum Gasteiger partial charge on any atom is 0.263 e. The van der Waals surface area contributed by atoms with Crippen LogP contribution in [0.5, 0.6) is 0 Å². The number of para-hydroxylation sites is 1. The van der Waals surface area contributed by atoms with Crippen molar-refractivity contribution >= 4 is 15.7 Å². The number of nitriles is 1. The molecule has 0 saturated heterocycles. The van der Waals surface area contributed by atoms with Crippen LogP contribution in [-0.4, -0.2) is 13.4 Å². The topological polar surface area (TPSA) is 82.9 Å². The predicted octanol–water partition coefficient (Wildman–Crippen LogP) is 1.75. The summed E-state index contributed by atoms with van der Waals surface area (Å²) in [5.74, 6) is 0. The van der Waals surface area contributed by atoms with Crippen molar-refractivity contribution in [2.24, 2.45) is 0 Å². The van der Waals surface area contributed by atoms with E-state index >= 15 is 0 Å². The first-order valence-electron chi connectivity index (χ1n) is 5.05. The third-order valence-electron chi connectivity index (χ3n) is 2.24. The van der Waals surface area contributed by atoms with E-state index < -0.39 is 10.0 Å². The predicted molar refractivity (Wildman–Crippen MR) is 66.2 cm³/mol. The number of hydrogen-bond acceptors (Lipinski definition) is 4. The number of hydrogen-bond donors (Lipinski definition) is 1. The summed E-state index contributed by atoms with van der Waals surface area (Å²) in [4.78, 5) is 3.80. The lowest BCUT2D eigenvalue weighted by Gasteiger charge is -2.08. The summed E-state index contributed by atoms with van der Waals surface area (Å²) >= 11 is 0. The Morgan fingerprint density at radius 2 is 1.94 bits per heavy atom. The summed E-state index contributed by atoms with van der Waals surface area (Å²) in [6, 6.07) is 11.3. The Morgan fingerprint density at radius 3 is 2.61 bits per heavy atom. The highest BCUT2D eigenvalue weighted by atomic mass is 32.2. The van der Waals surface area contributed by atoms with Gasteiger partial charge in [0, 0.05) is 12.4 Å². The molecular formula is C12H9N3O2S. The molecule has 0 unspecified atom stereocenters. The minimum absolute atomic E-state index is 0.0535. The zero-order valence-electron chi connectivity index (χ0n) is 9.24. The van der Waals surface area contributed by atoms with E-state index in [-0.39, 0.29) is 16.1 Å². The first kappa shape index (κ1) is 12.1. The van der Waals surface area contributed by atoms with Gasteiger partial charge in [0.15, 0.2) is 0 Å². The molecule has 0 atom stereocenters. The fourth-order valence-corrected chi connectivity index (χ4v) is 2.42. The number of rotatable bonds is 3. The molecule has 18 heavy (non-hydrogen) atoms. The average molecular weight is 259 g/mol. The molecule has 0 bridgehead atoms. The largest absolute Gasteiger partial charge is 0.278 e. The molecule has 0 aliphatic carbocycles. The normalized spacial score (nSPS) is 10.6. The van der Waals surface area contributed by atoms with Gasteiger partial charge in [0.1, 0.15) is 11.0 Å². The lowest BCUT2D eigenvalue weighted by molar-refractivity contribution is 0.601. The molecule has 5 nitrogen and oxygen atoms in total. The van der Waals surface area contributed by atoms with Crippen molar-refractivity contribution in [3.05, 3.63) is 54.4 Å². The number of aromatic nitrogens is 1. The van der Waals surface area contributed by atoms with Crippen LogP contribution in [0.2, 0.25) is 0 Å². The van der Waals surface area contributed by atoms with Crippen LogP contribution in [0.15, 0.2) is 53.7 Å². The highest BCUT2D eigenvalue weighted by molar-refractivity contribution is 7.92. The molecule has 1 aromatic carbocycles. The fourth-order valence-electron chi connectivity index (χ4n) is 1.38. The second-order valence-corrected chi connectivity index (χ2v) is 5.13. The van der Waals surface area contributed by atoms with E-state index in [1.807, 2.05) is 6.07 Å². The van der Waals surface area contributed by atoms with Gasteiger partial charge < -0.3 is 0 Å².